The smallest absolute Gasteiger partial charge is 0.255 e. The maximum absolute atomic E-state index is 12.2. The van der Waals surface area contributed by atoms with E-state index in [9.17, 15) is 9.59 Å². The van der Waals surface area contributed by atoms with Crippen LogP contribution in [0.4, 0.5) is 5.69 Å². The van der Waals surface area contributed by atoms with Crippen LogP contribution in [0.1, 0.15) is 16.1 Å². The Morgan fingerprint density at radius 2 is 1.96 bits per heavy atom. The number of aromatic nitrogens is 4. The lowest BCUT2D eigenvalue weighted by Gasteiger charge is -2.06. The summed E-state index contributed by atoms with van der Waals surface area (Å²) >= 11 is 0. The molecule has 7 nitrogen and oxygen atoms in total. The zero-order valence-electron chi connectivity index (χ0n) is 12.7. The average molecular weight is 309 g/mol. The highest BCUT2D eigenvalue weighted by molar-refractivity contribution is 6.04. The fourth-order valence-corrected chi connectivity index (χ4v) is 2.19. The molecule has 23 heavy (non-hydrogen) atoms. The molecule has 0 atom stereocenters. The minimum Gasteiger partial charge on any atom is -0.326 e. The van der Waals surface area contributed by atoms with Crippen LogP contribution in [0.3, 0.4) is 0 Å². The second kappa shape index (κ2) is 5.88. The van der Waals surface area contributed by atoms with Crippen molar-refractivity contribution in [3.05, 3.63) is 64.3 Å². The second-order valence-electron chi connectivity index (χ2n) is 5.19. The Bertz CT molecular complexity index is 909. The molecule has 1 amide bonds. The summed E-state index contributed by atoms with van der Waals surface area (Å²) in [7, 11) is 1.80. The van der Waals surface area contributed by atoms with Crippen molar-refractivity contribution in [1.82, 2.24) is 19.7 Å². The van der Waals surface area contributed by atoms with Gasteiger partial charge in [0.2, 0.25) is 5.56 Å². The molecule has 0 spiro atoms. The van der Waals surface area contributed by atoms with E-state index < -0.39 is 0 Å². The van der Waals surface area contributed by atoms with Crippen molar-refractivity contribution in [2.24, 2.45) is 7.05 Å². The molecule has 7 heteroatoms. The largest absolute Gasteiger partial charge is 0.326 e. The van der Waals surface area contributed by atoms with Crippen LogP contribution >= 0.6 is 0 Å². The van der Waals surface area contributed by atoms with Crippen molar-refractivity contribution < 1.29 is 4.79 Å². The number of carbonyl (C=O) groups excluding carboxylic acids is 1. The van der Waals surface area contributed by atoms with Crippen molar-refractivity contribution >= 4 is 11.6 Å². The van der Waals surface area contributed by atoms with Crippen LogP contribution in [0.25, 0.3) is 11.4 Å². The number of aromatic amines is 1. The SMILES string of the molecule is Cc1cc(C(=O)Nc2ccc(-c3ncn(C)n3)cc2)cc(=O)[nH]1. The van der Waals surface area contributed by atoms with Crippen LogP contribution in [-0.4, -0.2) is 25.7 Å². The lowest BCUT2D eigenvalue weighted by Crippen LogP contribution is -2.16. The summed E-state index contributed by atoms with van der Waals surface area (Å²) in [6.45, 7) is 1.73. The van der Waals surface area contributed by atoms with E-state index in [0.29, 0.717) is 22.8 Å². The van der Waals surface area contributed by atoms with Gasteiger partial charge in [-0.3, -0.25) is 14.3 Å². The fraction of sp³-hybridized carbons (Fsp3) is 0.125. The number of nitrogens with zero attached hydrogens (tertiary/aromatic N) is 3. The predicted molar refractivity (Wildman–Crippen MR) is 86.2 cm³/mol. The number of hydrogen-bond acceptors (Lipinski definition) is 4. The topological polar surface area (TPSA) is 92.7 Å². The Morgan fingerprint density at radius 1 is 1.22 bits per heavy atom. The number of hydrogen-bond donors (Lipinski definition) is 2. The van der Waals surface area contributed by atoms with Crippen molar-refractivity contribution in [2.45, 2.75) is 6.92 Å². The molecule has 0 saturated heterocycles. The van der Waals surface area contributed by atoms with Gasteiger partial charge in [-0.05, 0) is 37.3 Å². The Balaban J connectivity index is 1.77. The minimum atomic E-state index is -0.331. The highest BCUT2D eigenvalue weighted by atomic mass is 16.2. The van der Waals surface area contributed by atoms with Gasteiger partial charge in [0.1, 0.15) is 6.33 Å². The molecule has 0 unspecified atom stereocenters. The summed E-state index contributed by atoms with van der Waals surface area (Å²) < 4.78 is 1.63. The van der Waals surface area contributed by atoms with Gasteiger partial charge in [-0.25, -0.2) is 4.98 Å². The molecule has 0 aliphatic carbocycles. The Labute approximate surface area is 132 Å². The van der Waals surface area contributed by atoms with E-state index in [0.717, 1.165) is 5.56 Å². The van der Waals surface area contributed by atoms with Crippen molar-refractivity contribution in [1.29, 1.82) is 0 Å². The molecule has 2 heterocycles. The molecule has 0 saturated carbocycles. The molecule has 116 valence electrons. The number of anilines is 1. The van der Waals surface area contributed by atoms with Crippen LogP contribution < -0.4 is 10.9 Å². The summed E-state index contributed by atoms with van der Waals surface area (Å²) in [5.74, 6) is 0.290. The van der Waals surface area contributed by atoms with Crippen LogP contribution in [0.15, 0.2) is 47.5 Å². The van der Waals surface area contributed by atoms with E-state index in [1.807, 2.05) is 12.1 Å². The zero-order chi connectivity index (χ0) is 16.4. The molecule has 2 N–H and O–H groups in total. The number of rotatable bonds is 3. The van der Waals surface area contributed by atoms with Gasteiger partial charge in [0.05, 0.1) is 0 Å². The number of nitrogens with one attached hydrogen (secondary N) is 2. The maximum Gasteiger partial charge on any atom is 0.255 e. The van der Waals surface area contributed by atoms with E-state index in [1.165, 1.54) is 6.07 Å². The molecule has 0 aliphatic heterocycles. The van der Waals surface area contributed by atoms with Crippen LogP contribution in [0.5, 0.6) is 0 Å². The maximum atomic E-state index is 12.2. The Kier molecular flexibility index (Phi) is 3.76. The third-order valence-corrected chi connectivity index (χ3v) is 3.24. The zero-order valence-corrected chi connectivity index (χ0v) is 12.7. The molecule has 0 bridgehead atoms. The molecule has 1 aromatic carbocycles. The van der Waals surface area contributed by atoms with Gasteiger partial charge in [0.15, 0.2) is 5.82 Å². The van der Waals surface area contributed by atoms with E-state index in [1.54, 1.807) is 43.2 Å². The van der Waals surface area contributed by atoms with E-state index >= 15 is 0 Å². The second-order valence-corrected chi connectivity index (χ2v) is 5.19. The molecule has 3 aromatic rings. The van der Waals surface area contributed by atoms with E-state index in [4.69, 9.17) is 0 Å². The number of carbonyl (C=O) groups is 1. The van der Waals surface area contributed by atoms with E-state index in [2.05, 4.69) is 20.4 Å². The molecule has 2 aromatic heterocycles. The number of amides is 1. The normalized spacial score (nSPS) is 10.5. The number of aryl methyl sites for hydroxylation is 2. The first kappa shape index (κ1) is 14.7. The molecule has 0 aliphatic rings. The summed E-state index contributed by atoms with van der Waals surface area (Å²) in [5, 5.41) is 6.98. The molecule has 0 radical (unpaired) electrons. The standard InChI is InChI=1S/C16H15N5O2/c1-10-7-12(8-14(22)18-10)16(23)19-13-5-3-11(4-6-13)15-17-9-21(2)20-15/h3-9H,1-2H3,(H,18,22)(H,19,23). The summed E-state index contributed by atoms with van der Waals surface area (Å²) in [6, 6.07) is 10.1. The first-order chi connectivity index (χ1) is 11.0. The molecule has 3 rings (SSSR count). The number of pyridine rings is 1. The van der Waals surface area contributed by atoms with Crippen LogP contribution in [0.2, 0.25) is 0 Å². The van der Waals surface area contributed by atoms with E-state index in [-0.39, 0.29) is 11.5 Å². The first-order valence-electron chi connectivity index (χ1n) is 7.00. The van der Waals surface area contributed by atoms with Crippen LogP contribution in [-0.2, 0) is 7.05 Å². The van der Waals surface area contributed by atoms with Gasteiger partial charge in [-0.2, -0.15) is 5.10 Å². The quantitative estimate of drug-likeness (QED) is 0.770. The highest BCUT2D eigenvalue weighted by Crippen LogP contribution is 2.18. The fourth-order valence-electron chi connectivity index (χ4n) is 2.19. The lowest BCUT2D eigenvalue weighted by atomic mass is 10.2. The van der Waals surface area contributed by atoms with Gasteiger partial charge >= 0.3 is 0 Å². The number of benzene rings is 1. The summed E-state index contributed by atoms with van der Waals surface area (Å²) in [4.78, 5) is 30.4. The van der Waals surface area contributed by atoms with Gasteiger partial charge in [0.25, 0.3) is 5.91 Å². The molecular weight excluding hydrogens is 294 g/mol. The van der Waals surface area contributed by atoms with Gasteiger partial charge < -0.3 is 10.3 Å². The Hall–Kier alpha value is -3.22. The van der Waals surface area contributed by atoms with Crippen molar-refractivity contribution in [3.8, 4) is 11.4 Å². The number of H-pyrrole nitrogens is 1. The van der Waals surface area contributed by atoms with Crippen molar-refractivity contribution in [2.75, 3.05) is 5.32 Å². The van der Waals surface area contributed by atoms with Crippen LogP contribution in [0, 0.1) is 6.92 Å². The average Bonchev–Trinajstić information content (AvgIpc) is 2.93. The highest BCUT2D eigenvalue weighted by Gasteiger charge is 2.08. The Morgan fingerprint density at radius 3 is 2.57 bits per heavy atom. The first-order valence-corrected chi connectivity index (χ1v) is 7.00. The predicted octanol–water partition coefficient (Wildman–Crippen LogP) is 1.73. The lowest BCUT2D eigenvalue weighted by molar-refractivity contribution is 0.102. The van der Waals surface area contributed by atoms with Gasteiger partial charge in [0, 0.05) is 35.6 Å². The summed E-state index contributed by atoms with van der Waals surface area (Å²) in [6.07, 6.45) is 1.63. The van der Waals surface area contributed by atoms with Gasteiger partial charge in [-0.15, -0.1) is 0 Å². The molecule has 0 fully saturated rings. The monoisotopic (exact) mass is 309 g/mol. The minimum absolute atomic E-state index is 0.299. The third-order valence-electron chi connectivity index (χ3n) is 3.24. The van der Waals surface area contributed by atoms with Crippen molar-refractivity contribution in [3.63, 3.8) is 0 Å². The third kappa shape index (κ3) is 3.34. The van der Waals surface area contributed by atoms with Gasteiger partial charge in [-0.1, -0.05) is 0 Å². The summed E-state index contributed by atoms with van der Waals surface area (Å²) in [5.41, 5.74) is 2.15. The molecular formula is C16H15N5O2.